The summed E-state index contributed by atoms with van der Waals surface area (Å²) in [4.78, 5) is 18.6. The van der Waals surface area contributed by atoms with Crippen molar-refractivity contribution in [2.45, 2.75) is 31.9 Å². The molecule has 0 bridgehead atoms. The number of aliphatic imine (C=N–C) groups is 1. The van der Waals surface area contributed by atoms with Crippen LogP contribution in [0.4, 0.5) is 0 Å². The molecule has 2 N–H and O–H groups in total. The maximum Gasteiger partial charge on any atom is 0.222 e. The largest absolute Gasteiger partial charge is 0.376 e. The van der Waals surface area contributed by atoms with Crippen LogP contribution in [-0.4, -0.2) is 76.0 Å². The van der Waals surface area contributed by atoms with Crippen molar-refractivity contribution in [1.82, 2.24) is 15.5 Å². The van der Waals surface area contributed by atoms with Gasteiger partial charge in [-0.15, -0.1) is 0 Å². The van der Waals surface area contributed by atoms with Gasteiger partial charge in [0.15, 0.2) is 15.8 Å². The third-order valence-corrected chi connectivity index (χ3v) is 7.26. The van der Waals surface area contributed by atoms with E-state index in [-0.39, 0.29) is 29.9 Å². The van der Waals surface area contributed by atoms with Crippen molar-refractivity contribution < 1.29 is 17.9 Å². The van der Waals surface area contributed by atoms with E-state index in [4.69, 9.17) is 4.74 Å². The van der Waals surface area contributed by atoms with Crippen LogP contribution in [0.1, 0.15) is 24.8 Å². The van der Waals surface area contributed by atoms with E-state index in [9.17, 15) is 13.2 Å². The van der Waals surface area contributed by atoms with Gasteiger partial charge in [0.2, 0.25) is 5.91 Å². The van der Waals surface area contributed by atoms with Gasteiger partial charge >= 0.3 is 0 Å². The molecule has 0 aromatic heterocycles. The fourth-order valence-corrected chi connectivity index (χ4v) is 5.58. The molecule has 0 aliphatic carbocycles. The summed E-state index contributed by atoms with van der Waals surface area (Å²) in [6.45, 7) is 3.59. The molecule has 2 saturated heterocycles. The fraction of sp³-hybridized carbons (Fsp3) is 0.619. The second-order valence-electron chi connectivity index (χ2n) is 7.99. The number of sulfone groups is 1. The first-order valence-electron chi connectivity index (χ1n) is 10.5. The molecule has 2 atom stereocenters. The van der Waals surface area contributed by atoms with Crippen LogP contribution in [-0.2, 0) is 26.0 Å². The Kier molecular flexibility index (Phi) is 8.09. The maximum absolute atomic E-state index is 12.1. The van der Waals surface area contributed by atoms with Gasteiger partial charge in [0, 0.05) is 45.1 Å². The van der Waals surface area contributed by atoms with E-state index in [2.05, 4.69) is 32.7 Å². The number of rotatable bonds is 8. The van der Waals surface area contributed by atoms with Crippen molar-refractivity contribution >= 4 is 21.7 Å². The zero-order chi connectivity index (χ0) is 21.4. The van der Waals surface area contributed by atoms with Crippen LogP contribution in [0.25, 0.3) is 0 Å². The highest BCUT2D eigenvalue weighted by molar-refractivity contribution is 7.91. The van der Waals surface area contributed by atoms with Gasteiger partial charge in [-0.2, -0.15) is 0 Å². The molecule has 1 amide bonds. The van der Waals surface area contributed by atoms with Gasteiger partial charge in [0.05, 0.1) is 24.7 Å². The quantitative estimate of drug-likeness (QED) is 0.462. The van der Waals surface area contributed by atoms with Crippen molar-refractivity contribution in [3.8, 4) is 0 Å². The Morgan fingerprint density at radius 3 is 2.77 bits per heavy atom. The number of guanidine groups is 1. The third-order valence-electron chi connectivity index (χ3n) is 5.50. The SMILES string of the molecule is CN=C(NCCC(=O)NC1CCS(=O)(=O)C1)N1CCC(COCc2ccccc2)C1. The molecular formula is C21H32N4O4S. The molecule has 2 fully saturated rings. The first kappa shape index (κ1) is 22.6. The molecule has 2 unspecified atom stereocenters. The summed E-state index contributed by atoms with van der Waals surface area (Å²) in [6.07, 6.45) is 1.84. The lowest BCUT2D eigenvalue weighted by atomic mass is 10.1. The van der Waals surface area contributed by atoms with Crippen LogP contribution in [0.15, 0.2) is 35.3 Å². The molecular weight excluding hydrogens is 404 g/mol. The van der Waals surface area contributed by atoms with Gasteiger partial charge in [0.25, 0.3) is 0 Å². The average Bonchev–Trinajstić information content (AvgIpc) is 3.32. The van der Waals surface area contributed by atoms with Crippen LogP contribution >= 0.6 is 0 Å². The molecule has 9 heteroatoms. The number of hydrogen-bond acceptors (Lipinski definition) is 5. The molecule has 0 radical (unpaired) electrons. The maximum atomic E-state index is 12.1. The minimum absolute atomic E-state index is 0.0509. The standard InChI is InChI=1S/C21H32N4O4S/c1-22-21(23-10-7-20(26)24-19-9-12-30(27,28)16-19)25-11-8-18(13-25)15-29-14-17-5-3-2-4-6-17/h2-6,18-19H,7-16H2,1H3,(H,22,23)(H,24,26). The lowest BCUT2D eigenvalue weighted by Crippen LogP contribution is -2.42. The number of amides is 1. The smallest absolute Gasteiger partial charge is 0.222 e. The molecule has 166 valence electrons. The number of nitrogens with one attached hydrogen (secondary N) is 2. The Labute approximate surface area is 179 Å². The molecule has 30 heavy (non-hydrogen) atoms. The van der Waals surface area contributed by atoms with Gasteiger partial charge < -0.3 is 20.3 Å². The van der Waals surface area contributed by atoms with E-state index >= 15 is 0 Å². The van der Waals surface area contributed by atoms with Gasteiger partial charge in [-0.3, -0.25) is 9.79 Å². The van der Waals surface area contributed by atoms with Crippen LogP contribution in [0.2, 0.25) is 0 Å². The predicted octanol–water partition coefficient (Wildman–Crippen LogP) is 0.794. The highest BCUT2D eigenvalue weighted by atomic mass is 32.2. The summed E-state index contributed by atoms with van der Waals surface area (Å²) in [7, 11) is -1.24. The second kappa shape index (κ2) is 10.8. The first-order valence-corrected chi connectivity index (χ1v) is 12.3. The monoisotopic (exact) mass is 436 g/mol. The number of ether oxygens (including phenoxy) is 1. The lowest BCUT2D eigenvalue weighted by molar-refractivity contribution is -0.121. The van der Waals surface area contributed by atoms with Crippen LogP contribution < -0.4 is 10.6 Å². The van der Waals surface area contributed by atoms with E-state index in [1.807, 2.05) is 18.2 Å². The Morgan fingerprint density at radius 1 is 1.27 bits per heavy atom. The molecule has 0 saturated carbocycles. The van der Waals surface area contributed by atoms with Crippen molar-refractivity contribution in [3.05, 3.63) is 35.9 Å². The van der Waals surface area contributed by atoms with Crippen molar-refractivity contribution in [2.75, 3.05) is 44.8 Å². The van der Waals surface area contributed by atoms with Gasteiger partial charge in [-0.05, 0) is 18.4 Å². The van der Waals surface area contributed by atoms with E-state index < -0.39 is 9.84 Å². The van der Waals surface area contributed by atoms with Gasteiger partial charge in [-0.1, -0.05) is 30.3 Å². The van der Waals surface area contributed by atoms with E-state index in [1.54, 1.807) is 7.05 Å². The van der Waals surface area contributed by atoms with E-state index in [1.165, 1.54) is 5.56 Å². The Balaban J connectivity index is 1.32. The molecule has 2 aliphatic heterocycles. The highest BCUT2D eigenvalue weighted by Gasteiger charge is 2.29. The van der Waals surface area contributed by atoms with Gasteiger partial charge in [-0.25, -0.2) is 8.42 Å². The predicted molar refractivity (Wildman–Crippen MR) is 117 cm³/mol. The molecule has 8 nitrogen and oxygen atoms in total. The fourth-order valence-electron chi connectivity index (χ4n) is 3.91. The van der Waals surface area contributed by atoms with Gasteiger partial charge in [0.1, 0.15) is 0 Å². The lowest BCUT2D eigenvalue weighted by Gasteiger charge is -2.22. The van der Waals surface area contributed by atoms with Crippen LogP contribution in [0.5, 0.6) is 0 Å². The zero-order valence-corrected chi connectivity index (χ0v) is 18.4. The summed E-state index contributed by atoms with van der Waals surface area (Å²) in [5.74, 6) is 1.33. The number of benzene rings is 1. The van der Waals surface area contributed by atoms with Crippen molar-refractivity contribution in [3.63, 3.8) is 0 Å². The number of likely N-dealkylation sites (tertiary alicyclic amines) is 1. The topological polar surface area (TPSA) is 100 Å². The van der Waals surface area contributed by atoms with Crippen molar-refractivity contribution in [1.29, 1.82) is 0 Å². The Hall–Kier alpha value is -2.13. The zero-order valence-electron chi connectivity index (χ0n) is 17.5. The Bertz CT molecular complexity index is 829. The summed E-state index contributed by atoms with van der Waals surface area (Å²) < 4.78 is 28.8. The molecule has 1 aromatic carbocycles. The van der Waals surface area contributed by atoms with Crippen molar-refractivity contribution in [2.24, 2.45) is 10.9 Å². The molecule has 3 rings (SSSR count). The second-order valence-corrected chi connectivity index (χ2v) is 10.2. The Morgan fingerprint density at radius 2 is 2.07 bits per heavy atom. The number of nitrogens with zero attached hydrogens (tertiary/aromatic N) is 2. The minimum atomic E-state index is -2.98. The molecule has 0 spiro atoms. The minimum Gasteiger partial charge on any atom is -0.376 e. The van der Waals surface area contributed by atoms with E-state index in [0.717, 1.165) is 32.1 Å². The summed E-state index contributed by atoms with van der Waals surface area (Å²) >= 11 is 0. The van der Waals surface area contributed by atoms with E-state index in [0.29, 0.717) is 25.5 Å². The van der Waals surface area contributed by atoms with Crippen LogP contribution in [0.3, 0.4) is 0 Å². The summed E-state index contributed by atoms with van der Waals surface area (Å²) in [6, 6.07) is 9.91. The molecule has 1 aromatic rings. The molecule has 2 heterocycles. The highest BCUT2D eigenvalue weighted by Crippen LogP contribution is 2.17. The third kappa shape index (κ3) is 6.98. The average molecular weight is 437 g/mol. The number of hydrogen-bond donors (Lipinski definition) is 2. The number of carbonyl (C=O) groups is 1. The molecule has 2 aliphatic rings. The first-order chi connectivity index (χ1) is 14.4. The normalized spacial score (nSPS) is 23.5. The van der Waals surface area contributed by atoms with Crippen LogP contribution in [0, 0.1) is 5.92 Å². The summed E-state index contributed by atoms with van der Waals surface area (Å²) in [5.41, 5.74) is 1.18. The number of carbonyl (C=O) groups excluding carboxylic acids is 1. The summed E-state index contributed by atoms with van der Waals surface area (Å²) in [5, 5.41) is 6.05.